The second-order valence-corrected chi connectivity index (χ2v) is 8.69. The molecule has 0 aromatic rings. The summed E-state index contributed by atoms with van der Waals surface area (Å²) in [5.74, 6) is -0.0545. The highest BCUT2D eigenvalue weighted by Crippen LogP contribution is 2.59. The first kappa shape index (κ1) is 19.2. The van der Waals surface area contributed by atoms with Gasteiger partial charge in [0.2, 0.25) is 0 Å². The van der Waals surface area contributed by atoms with Crippen LogP contribution >= 0.6 is 0 Å². The molecule has 0 radical (unpaired) electrons. The van der Waals surface area contributed by atoms with Gasteiger partial charge in [0.05, 0.1) is 18.6 Å². The van der Waals surface area contributed by atoms with Crippen LogP contribution in [0.2, 0.25) is 0 Å². The summed E-state index contributed by atoms with van der Waals surface area (Å²) in [6.45, 7) is 2.69. The third kappa shape index (κ3) is 3.61. The van der Waals surface area contributed by atoms with Crippen LogP contribution in [0.3, 0.4) is 0 Å². The molecule has 27 heavy (non-hydrogen) atoms. The van der Waals surface area contributed by atoms with Gasteiger partial charge in [0.15, 0.2) is 0 Å². The normalized spacial score (nSPS) is 43.9. The monoisotopic (exact) mass is 381 g/mol. The number of alkyl carbamates (subject to hydrolysis) is 1. The maximum Gasteiger partial charge on any atom is 0.407 e. The van der Waals surface area contributed by atoms with E-state index in [4.69, 9.17) is 18.9 Å². The molecule has 152 valence electrons. The number of methoxy groups -OCH3 is 1. The molecule has 6 atom stereocenters. The summed E-state index contributed by atoms with van der Waals surface area (Å²) in [7, 11) is 1.65. The molecule has 2 aliphatic carbocycles. The van der Waals surface area contributed by atoms with Crippen LogP contribution < -0.4 is 5.32 Å². The van der Waals surface area contributed by atoms with Crippen molar-refractivity contribution < 1.29 is 28.5 Å². The number of carbonyl (C=O) groups is 2. The van der Waals surface area contributed by atoms with Gasteiger partial charge in [-0.1, -0.05) is 19.3 Å². The maximum absolute atomic E-state index is 12.5. The molecule has 2 aliphatic heterocycles. The number of aldehydes is 1. The molecule has 1 spiro atoms. The smallest absolute Gasteiger partial charge is 0.407 e. The minimum atomic E-state index is -0.472. The Morgan fingerprint density at radius 2 is 2.00 bits per heavy atom. The number of amides is 1. The van der Waals surface area contributed by atoms with E-state index in [2.05, 4.69) is 5.32 Å². The first-order valence-electron chi connectivity index (χ1n) is 10.3. The molecular formula is C20H31NO6. The Morgan fingerprint density at radius 3 is 2.63 bits per heavy atom. The van der Waals surface area contributed by atoms with E-state index in [9.17, 15) is 9.59 Å². The number of hydrogen-bond acceptors (Lipinski definition) is 6. The Hall–Kier alpha value is -1.18. The van der Waals surface area contributed by atoms with Gasteiger partial charge in [0.1, 0.15) is 29.7 Å². The van der Waals surface area contributed by atoms with E-state index in [0.717, 1.165) is 38.4 Å². The van der Waals surface area contributed by atoms with E-state index < -0.39 is 5.60 Å². The molecule has 0 aromatic heterocycles. The van der Waals surface area contributed by atoms with Gasteiger partial charge in [-0.2, -0.15) is 0 Å². The fraction of sp³-hybridized carbons (Fsp3) is 0.900. The number of carbonyl (C=O) groups excluding carboxylic acids is 2. The van der Waals surface area contributed by atoms with E-state index in [1.807, 2.05) is 6.92 Å². The topological polar surface area (TPSA) is 89.7 Å². The van der Waals surface area contributed by atoms with Crippen LogP contribution in [0.4, 0.5) is 4.79 Å². The zero-order valence-corrected chi connectivity index (χ0v) is 16.3. The fourth-order valence-electron chi connectivity index (χ4n) is 5.40. The third-order valence-corrected chi connectivity index (χ3v) is 6.99. The Kier molecular flexibility index (Phi) is 5.20. The molecule has 4 aliphatic rings. The lowest BCUT2D eigenvalue weighted by atomic mass is 9.68. The number of rotatable bonds is 6. The summed E-state index contributed by atoms with van der Waals surface area (Å²) in [5.41, 5.74) is -0.743. The van der Waals surface area contributed by atoms with Crippen molar-refractivity contribution in [1.29, 1.82) is 0 Å². The second kappa shape index (κ2) is 7.33. The summed E-state index contributed by atoms with van der Waals surface area (Å²) in [5, 5.41) is 3.02. The van der Waals surface area contributed by atoms with Crippen molar-refractivity contribution in [2.45, 2.75) is 93.8 Å². The number of hydrogen-bond donors (Lipinski definition) is 1. The van der Waals surface area contributed by atoms with E-state index in [-0.39, 0.29) is 42.0 Å². The molecular weight excluding hydrogens is 350 g/mol. The summed E-state index contributed by atoms with van der Waals surface area (Å²) in [6.07, 6.45) is 7.27. The molecule has 0 bridgehead atoms. The zero-order chi connectivity index (χ0) is 19.1. The minimum Gasteiger partial charge on any atom is -0.443 e. The van der Waals surface area contributed by atoms with Gasteiger partial charge >= 0.3 is 6.09 Å². The second-order valence-electron chi connectivity index (χ2n) is 8.69. The van der Waals surface area contributed by atoms with Crippen molar-refractivity contribution >= 4 is 12.4 Å². The van der Waals surface area contributed by atoms with Crippen molar-refractivity contribution in [2.24, 2.45) is 5.92 Å². The van der Waals surface area contributed by atoms with E-state index in [1.54, 1.807) is 7.11 Å². The van der Waals surface area contributed by atoms with E-state index in [1.165, 1.54) is 6.42 Å². The van der Waals surface area contributed by atoms with Gasteiger partial charge in [0.25, 0.3) is 0 Å². The molecule has 6 unspecified atom stereocenters. The van der Waals surface area contributed by atoms with E-state index >= 15 is 0 Å². The van der Waals surface area contributed by atoms with Crippen LogP contribution in [0.5, 0.6) is 0 Å². The van der Waals surface area contributed by atoms with E-state index in [0.29, 0.717) is 19.4 Å². The molecule has 2 saturated carbocycles. The van der Waals surface area contributed by atoms with Crippen LogP contribution in [0.15, 0.2) is 0 Å². The van der Waals surface area contributed by atoms with Crippen LogP contribution in [-0.2, 0) is 23.7 Å². The first-order chi connectivity index (χ1) is 13.0. The standard InChI is InChI=1S/C20H31NO6/c1-19(15(27-19)9-11-22)17-16(24-2)14(8-10-20(17)12-25-20)26-18(23)21-13-6-4-3-5-7-13/h11,13-17H,3-10,12H2,1-2H3,(H,21,23). The largest absolute Gasteiger partial charge is 0.443 e. The van der Waals surface area contributed by atoms with Crippen molar-refractivity contribution in [1.82, 2.24) is 5.32 Å². The number of ether oxygens (including phenoxy) is 4. The average Bonchev–Trinajstić information content (AvgIpc) is 3.56. The van der Waals surface area contributed by atoms with Crippen molar-refractivity contribution in [2.75, 3.05) is 13.7 Å². The quantitative estimate of drug-likeness (QED) is 0.561. The molecule has 7 heteroatoms. The fourth-order valence-corrected chi connectivity index (χ4v) is 5.40. The number of epoxide rings is 2. The van der Waals surface area contributed by atoms with Crippen LogP contribution in [0.1, 0.15) is 58.3 Å². The van der Waals surface area contributed by atoms with Crippen LogP contribution in [0, 0.1) is 5.92 Å². The molecule has 1 amide bonds. The van der Waals surface area contributed by atoms with Crippen molar-refractivity contribution in [3.63, 3.8) is 0 Å². The molecule has 2 saturated heterocycles. The highest BCUT2D eigenvalue weighted by molar-refractivity contribution is 5.68. The lowest BCUT2D eigenvalue weighted by Crippen LogP contribution is -2.56. The molecule has 7 nitrogen and oxygen atoms in total. The van der Waals surface area contributed by atoms with Crippen molar-refractivity contribution in [3.8, 4) is 0 Å². The molecule has 2 heterocycles. The Bertz CT molecular complexity index is 573. The Morgan fingerprint density at radius 1 is 1.26 bits per heavy atom. The molecule has 4 fully saturated rings. The van der Waals surface area contributed by atoms with Crippen molar-refractivity contribution in [3.05, 3.63) is 0 Å². The number of nitrogens with one attached hydrogen (secondary N) is 1. The average molecular weight is 381 g/mol. The summed E-state index contributed by atoms with van der Waals surface area (Å²) in [6, 6.07) is 0.214. The third-order valence-electron chi connectivity index (χ3n) is 6.99. The highest BCUT2D eigenvalue weighted by Gasteiger charge is 2.72. The predicted octanol–water partition coefficient (Wildman–Crippen LogP) is 2.35. The zero-order valence-electron chi connectivity index (χ0n) is 16.3. The molecule has 0 aromatic carbocycles. The lowest BCUT2D eigenvalue weighted by molar-refractivity contribution is -0.118. The summed E-state index contributed by atoms with van der Waals surface area (Å²) < 4.78 is 23.4. The summed E-state index contributed by atoms with van der Waals surface area (Å²) >= 11 is 0. The minimum absolute atomic E-state index is 0.0545. The predicted molar refractivity (Wildman–Crippen MR) is 96.4 cm³/mol. The van der Waals surface area contributed by atoms with Gasteiger partial charge in [0, 0.05) is 19.6 Å². The molecule has 1 N–H and O–H groups in total. The molecule has 4 rings (SSSR count). The van der Waals surface area contributed by atoms with Crippen LogP contribution in [-0.4, -0.2) is 61.7 Å². The summed E-state index contributed by atoms with van der Waals surface area (Å²) in [4.78, 5) is 23.4. The Labute approximate surface area is 160 Å². The van der Waals surface area contributed by atoms with Gasteiger partial charge in [-0.05, 0) is 32.6 Å². The first-order valence-corrected chi connectivity index (χ1v) is 10.3. The SMILES string of the molecule is COC1C(OC(=O)NC2CCCCC2)CCC2(CO2)C1C1(C)OC1CC=O. The highest BCUT2D eigenvalue weighted by atomic mass is 16.6. The van der Waals surface area contributed by atoms with Crippen LogP contribution in [0.25, 0.3) is 0 Å². The Balaban J connectivity index is 1.43. The van der Waals surface area contributed by atoms with Gasteiger partial charge < -0.3 is 29.1 Å². The lowest BCUT2D eigenvalue weighted by Gasteiger charge is -2.42. The van der Waals surface area contributed by atoms with Gasteiger partial charge in [-0.25, -0.2) is 4.79 Å². The maximum atomic E-state index is 12.5. The van der Waals surface area contributed by atoms with Gasteiger partial charge in [-0.15, -0.1) is 0 Å². The van der Waals surface area contributed by atoms with Gasteiger partial charge in [-0.3, -0.25) is 0 Å².